The summed E-state index contributed by atoms with van der Waals surface area (Å²) in [4.78, 5) is 2.41. The largest absolute Gasteiger partial charge is 0.488 e. The van der Waals surface area contributed by atoms with Crippen LogP contribution >= 0.6 is 11.3 Å². The van der Waals surface area contributed by atoms with Crippen molar-refractivity contribution in [2.24, 2.45) is 0 Å². The van der Waals surface area contributed by atoms with E-state index in [9.17, 15) is 4.39 Å². The summed E-state index contributed by atoms with van der Waals surface area (Å²) in [7, 11) is 0. The zero-order valence-corrected chi connectivity index (χ0v) is 12.9. The van der Waals surface area contributed by atoms with Crippen LogP contribution in [-0.4, -0.2) is 5.54 Å². The van der Waals surface area contributed by atoms with Crippen molar-refractivity contribution in [2.75, 3.05) is 0 Å². The van der Waals surface area contributed by atoms with Crippen molar-refractivity contribution in [3.05, 3.63) is 52.0 Å². The molecule has 0 saturated heterocycles. The molecule has 0 fully saturated rings. The second kappa shape index (κ2) is 6.37. The van der Waals surface area contributed by atoms with Gasteiger partial charge < -0.3 is 10.1 Å². The number of rotatable bonds is 5. The quantitative estimate of drug-likeness (QED) is 0.884. The van der Waals surface area contributed by atoms with Gasteiger partial charge in [0.2, 0.25) is 0 Å². The summed E-state index contributed by atoms with van der Waals surface area (Å²) in [6, 6.07) is 10.4. The van der Waals surface area contributed by atoms with Gasteiger partial charge in [-0.1, -0.05) is 6.07 Å². The maximum atomic E-state index is 13.0. The molecule has 0 saturated carbocycles. The number of ether oxygens (including phenoxy) is 1. The number of nitrogens with one attached hydrogen (secondary N) is 1. The standard InChI is InChI=1S/C16H20FNOS/c1-16(2,3)18-10-14-7-8-15(20-14)11-19-13-6-4-5-12(17)9-13/h4-9,18H,10-11H2,1-3H3. The van der Waals surface area contributed by atoms with Gasteiger partial charge in [0.1, 0.15) is 18.2 Å². The fourth-order valence-corrected chi connectivity index (χ4v) is 2.53. The van der Waals surface area contributed by atoms with Crippen LogP contribution in [0.4, 0.5) is 4.39 Å². The normalized spacial score (nSPS) is 11.6. The lowest BCUT2D eigenvalue weighted by molar-refractivity contribution is 0.308. The topological polar surface area (TPSA) is 21.3 Å². The van der Waals surface area contributed by atoms with Crippen molar-refractivity contribution in [3.8, 4) is 5.75 Å². The lowest BCUT2D eigenvalue weighted by atomic mass is 10.1. The summed E-state index contributed by atoms with van der Waals surface area (Å²) in [6.45, 7) is 7.77. The van der Waals surface area contributed by atoms with Crippen molar-refractivity contribution >= 4 is 11.3 Å². The second-order valence-electron chi connectivity index (χ2n) is 5.72. The fourth-order valence-electron chi connectivity index (χ4n) is 1.66. The Balaban J connectivity index is 1.87. The summed E-state index contributed by atoms with van der Waals surface area (Å²) >= 11 is 1.72. The summed E-state index contributed by atoms with van der Waals surface area (Å²) in [5, 5.41) is 3.45. The average molecular weight is 293 g/mol. The van der Waals surface area contributed by atoms with Crippen molar-refractivity contribution in [1.29, 1.82) is 0 Å². The van der Waals surface area contributed by atoms with E-state index in [-0.39, 0.29) is 11.4 Å². The van der Waals surface area contributed by atoms with Crippen molar-refractivity contribution in [2.45, 2.75) is 39.5 Å². The maximum absolute atomic E-state index is 13.0. The Morgan fingerprint density at radius 2 is 1.90 bits per heavy atom. The third kappa shape index (κ3) is 4.94. The van der Waals surface area contributed by atoms with Gasteiger partial charge in [-0.2, -0.15) is 0 Å². The van der Waals surface area contributed by atoms with Gasteiger partial charge >= 0.3 is 0 Å². The number of hydrogen-bond acceptors (Lipinski definition) is 3. The molecule has 0 unspecified atom stereocenters. The Hall–Kier alpha value is -1.39. The van der Waals surface area contributed by atoms with E-state index in [4.69, 9.17) is 4.74 Å². The lowest BCUT2D eigenvalue weighted by Gasteiger charge is -2.19. The predicted octanol–water partition coefficient (Wildman–Crippen LogP) is 4.35. The Bertz CT molecular complexity index is 560. The molecule has 0 aliphatic heterocycles. The average Bonchev–Trinajstić information content (AvgIpc) is 2.81. The molecule has 20 heavy (non-hydrogen) atoms. The van der Waals surface area contributed by atoms with E-state index >= 15 is 0 Å². The molecule has 4 heteroatoms. The minimum Gasteiger partial charge on any atom is -0.488 e. The van der Waals surface area contributed by atoms with E-state index in [1.165, 1.54) is 17.0 Å². The Kier molecular flexibility index (Phi) is 4.78. The maximum Gasteiger partial charge on any atom is 0.126 e. The molecule has 0 radical (unpaired) electrons. The van der Waals surface area contributed by atoms with E-state index in [0.717, 1.165) is 11.4 Å². The van der Waals surface area contributed by atoms with Crippen molar-refractivity contribution < 1.29 is 9.13 Å². The molecule has 2 nitrogen and oxygen atoms in total. The van der Waals surface area contributed by atoms with Crippen LogP contribution in [0.5, 0.6) is 5.75 Å². The summed E-state index contributed by atoms with van der Waals surface area (Å²) in [5.74, 6) is 0.288. The third-order valence-corrected chi connectivity index (χ3v) is 3.75. The van der Waals surface area contributed by atoms with Crippen LogP contribution in [0, 0.1) is 5.82 Å². The molecule has 1 aromatic heterocycles. The number of halogens is 1. The van der Waals surface area contributed by atoms with E-state index in [1.54, 1.807) is 23.5 Å². The first-order valence-electron chi connectivity index (χ1n) is 6.63. The second-order valence-corrected chi connectivity index (χ2v) is 6.97. The van der Waals surface area contributed by atoms with Gasteiger partial charge in [0.05, 0.1) is 0 Å². The molecule has 0 bridgehead atoms. The molecule has 0 aliphatic rings. The number of benzene rings is 1. The zero-order chi connectivity index (χ0) is 14.6. The van der Waals surface area contributed by atoms with Gasteiger partial charge in [0.15, 0.2) is 0 Å². The van der Waals surface area contributed by atoms with Crippen LogP contribution < -0.4 is 10.1 Å². The molecule has 2 rings (SSSR count). The number of thiophene rings is 1. The molecule has 0 amide bonds. The molecule has 1 aromatic carbocycles. The summed E-state index contributed by atoms with van der Waals surface area (Å²) in [6.07, 6.45) is 0. The van der Waals surface area contributed by atoms with Crippen LogP contribution in [0.1, 0.15) is 30.5 Å². The van der Waals surface area contributed by atoms with E-state index < -0.39 is 0 Å². The highest BCUT2D eigenvalue weighted by molar-refractivity contribution is 7.11. The molecule has 1 N–H and O–H groups in total. The lowest BCUT2D eigenvalue weighted by Crippen LogP contribution is -2.34. The summed E-state index contributed by atoms with van der Waals surface area (Å²) in [5.41, 5.74) is 0.113. The molecular formula is C16H20FNOS. The molecular weight excluding hydrogens is 273 g/mol. The molecule has 0 atom stereocenters. The van der Waals surface area contributed by atoms with E-state index in [2.05, 4.69) is 38.2 Å². The molecule has 0 spiro atoms. The Morgan fingerprint density at radius 1 is 1.15 bits per heavy atom. The Morgan fingerprint density at radius 3 is 2.60 bits per heavy atom. The molecule has 2 aromatic rings. The first-order valence-corrected chi connectivity index (χ1v) is 7.45. The first-order chi connectivity index (χ1) is 9.42. The van der Waals surface area contributed by atoms with Crippen molar-refractivity contribution in [1.82, 2.24) is 5.32 Å². The smallest absolute Gasteiger partial charge is 0.126 e. The number of hydrogen-bond donors (Lipinski definition) is 1. The van der Waals surface area contributed by atoms with Gasteiger partial charge in [-0.25, -0.2) is 4.39 Å². The van der Waals surface area contributed by atoms with Gasteiger partial charge in [0.25, 0.3) is 0 Å². The zero-order valence-electron chi connectivity index (χ0n) is 12.1. The van der Waals surface area contributed by atoms with Crippen molar-refractivity contribution in [3.63, 3.8) is 0 Å². The first kappa shape index (κ1) is 15.0. The molecule has 0 aliphatic carbocycles. The SMILES string of the molecule is CC(C)(C)NCc1ccc(COc2cccc(F)c2)s1. The third-order valence-electron chi connectivity index (χ3n) is 2.69. The minimum atomic E-state index is -0.274. The van der Waals surface area contributed by atoms with Gasteiger partial charge in [-0.15, -0.1) is 11.3 Å². The van der Waals surface area contributed by atoms with Crippen LogP contribution in [-0.2, 0) is 13.2 Å². The minimum absolute atomic E-state index is 0.113. The van der Waals surface area contributed by atoms with Gasteiger partial charge in [-0.05, 0) is 45.0 Å². The highest BCUT2D eigenvalue weighted by Gasteiger charge is 2.09. The van der Waals surface area contributed by atoms with E-state index in [1.807, 2.05) is 0 Å². The fraction of sp³-hybridized carbons (Fsp3) is 0.375. The monoisotopic (exact) mass is 293 g/mol. The van der Waals surface area contributed by atoms with Crippen LogP contribution in [0.15, 0.2) is 36.4 Å². The van der Waals surface area contributed by atoms with Crippen LogP contribution in [0.3, 0.4) is 0 Å². The van der Waals surface area contributed by atoms with Crippen LogP contribution in [0.2, 0.25) is 0 Å². The molecule has 1 heterocycles. The molecule has 108 valence electrons. The van der Waals surface area contributed by atoms with E-state index in [0.29, 0.717) is 12.4 Å². The highest BCUT2D eigenvalue weighted by atomic mass is 32.1. The Labute approximate surface area is 123 Å². The van der Waals surface area contributed by atoms with Gasteiger partial charge in [-0.3, -0.25) is 0 Å². The highest BCUT2D eigenvalue weighted by Crippen LogP contribution is 2.20. The summed E-state index contributed by atoms with van der Waals surface area (Å²) < 4.78 is 18.6. The predicted molar refractivity (Wildman–Crippen MR) is 81.6 cm³/mol. The van der Waals surface area contributed by atoms with Crippen LogP contribution in [0.25, 0.3) is 0 Å². The van der Waals surface area contributed by atoms with Gasteiger partial charge in [0, 0.05) is 27.9 Å².